The molecular formula is C22H21FN6O2. The van der Waals surface area contributed by atoms with Gasteiger partial charge in [-0.1, -0.05) is 6.07 Å². The summed E-state index contributed by atoms with van der Waals surface area (Å²) in [7, 11) is 0. The number of anilines is 3. The number of hydrogen-bond acceptors (Lipinski definition) is 6. The molecular weight excluding hydrogens is 399 g/mol. The number of rotatable bonds is 6. The molecule has 31 heavy (non-hydrogen) atoms. The largest absolute Gasteiger partial charge is 0.370 e. The summed E-state index contributed by atoms with van der Waals surface area (Å²) in [6.07, 6.45) is 5.64. The summed E-state index contributed by atoms with van der Waals surface area (Å²) in [6, 6.07) is 6.61. The summed E-state index contributed by atoms with van der Waals surface area (Å²) in [4.78, 5) is 28.1. The van der Waals surface area contributed by atoms with Crippen molar-refractivity contribution in [2.45, 2.75) is 26.2 Å². The predicted octanol–water partition coefficient (Wildman–Crippen LogP) is 3.17. The van der Waals surface area contributed by atoms with Gasteiger partial charge < -0.3 is 10.6 Å². The summed E-state index contributed by atoms with van der Waals surface area (Å²) < 4.78 is 15.9. The van der Waals surface area contributed by atoms with Gasteiger partial charge in [0.05, 0.1) is 18.3 Å². The number of aromatic nitrogens is 3. The number of carbonyl (C=O) groups is 2. The lowest BCUT2D eigenvalue weighted by Gasteiger charge is -2.12. The summed E-state index contributed by atoms with van der Waals surface area (Å²) in [6.45, 7) is 2.70. The zero-order valence-electron chi connectivity index (χ0n) is 16.9. The van der Waals surface area contributed by atoms with Crippen LogP contribution in [0.3, 0.4) is 0 Å². The molecule has 1 aliphatic carbocycles. The Morgan fingerprint density at radius 3 is 2.87 bits per heavy atom. The third-order valence-electron chi connectivity index (χ3n) is 5.38. The Morgan fingerprint density at radius 1 is 1.29 bits per heavy atom. The highest BCUT2D eigenvalue weighted by atomic mass is 19.1. The van der Waals surface area contributed by atoms with E-state index < -0.39 is 5.91 Å². The van der Waals surface area contributed by atoms with Gasteiger partial charge in [0.1, 0.15) is 17.5 Å². The molecule has 3 N–H and O–H groups in total. The molecule has 2 aromatic heterocycles. The lowest BCUT2D eigenvalue weighted by Crippen LogP contribution is -2.19. The number of nitrogens with zero attached hydrogens (tertiary/aromatic N) is 3. The fourth-order valence-electron chi connectivity index (χ4n) is 3.52. The van der Waals surface area contributed by atoms with Crippen LogP contribution in [0.4, 0.5) is 21.7 Å². The Morgan fingerprint density at radius 2 is 2.13 bits per heavy atom. The first-order chi connectivity index (χ1) is 15.0. The van der Waals surface area contributed by atoms with E-state index in [2.05, 4.69) is 26.0 Å². The Labute approximate surface area is 177 Å². The maximum absolute atomic E-state index is 14.3. The van der Waals surface area contributed by atoms with Crippen molar-refractivity contribution in [2.75, 3.05) is 17.2 Å². The second kappa shape index (κ2) is 7.50. The fourth-order valence-corrected chi connectivity index (χ4v) is 3.52. The minimum absolute atomic E-state index is 0.0232. The van der Waals surface area contributed by atoms with E-state index in [0.717, 1.165) is 12.1 Å². The number of aryl methyl sites for hydroxylation is 1. The standard InChI is InChI=1S/C22H21FN6O2/c1-12-2-5-16(23)17(6-12)26-18-9-19(24-10-13-3-4-13)29-21(27-18)15(11-25-29)7-14-8-20(30)28-22(14)31/h2,5-7,9,11,13,24H,3-4,8,10H2,1H3,(H,26,27)(H,28,30,31)/b14-7-. The minimum Gasteiger partial charge on any atom is -0.370 e. The van der Waals surface area contributed by atoms with Crippen LogP contribution in [0.5, 0.6) is 0 Å². The first kappa shape index (κ1) is 19.2. The first-order valence-corrected chi connectivity index (χ1v) is 10.2. The molecule has 0 bridgehead atoms. The second-order valence-electron chi connectivity index (χ2n) is 8.02. The molecule has 0 atom stereocenters. The number of halogens is 1. The van der Waals surface area contributed by atoms with E-state index in [1.807, 2.05) is 6.92 Å². The van der Waals surface area contributed by atoms with Crippen molar-refractivity contribution in [3.05, 3.63) is 53.0 Å². The number of carbonyl (C=O) groups excluding carboxylic acids is 2. The van der Waals surface area contributed by atoms with Crippen LogP contribution in [-0.2, 0) is 9.59 Å². The van der Waals surface area contributed by atoms with E-state index >= 15 is 0 Å². The van der Waals surface area contributed by atoms with Crippen molar-refractivity contribution >= 4 is 40.9 Å². The normalized spacial score (nSPS) is 17.4. The average Bonchev–Trinajstić information content (AvgIpc) is 3.40. The molecule has 0 radical (unpaired) electrons. The van der Waals surface area contributed by atoms with Gasteiger partial charge in [0.2, 0.25) is 5.91 Å². The van der Waals surface area contributed by atoms with Crippen LogP contribution in [0.15, 0.2) is 36.0 Å². The molecule has 1 aliphatic heterocycles. The Kier molecular flexibility index (Phi) is 4.65. The van der Waals surface area contributed by atoms with Gasteiger partial charge in [0.25, 0.3) is 5.91 Å². The SMILES string of the molecule is Cc1ccc(F)c(Nc2cc(NCC3CC3)n3ncc(/C=C4/CC(=O)NC4=O)c3n2)c1. The summed E-state index contributed by atoms with van der Waals surface area (Å²) >= 11 is 0. The highest BCUT2D eigenvalue weighted by Gasteiger charge is 2.25. The zero-order valence-corrected chi connectivity index (χ0v) is 16.9. The summed E-state index contributed by atoms with van der Waals surface area (Å²) in [5, 5.41) is 13.1. The number of benzene rings is 1. The van der Waals surface area contributed by atoms with E-state index in [4.69, 9.17) is 0 Å². The van der Waals surface area contributed by atoms with Crippen molar-refractivity contribution < 1.29 is 14.0 Å². The number of amides is 2. The van der Waals surface area contributed by atoms with Crippen molar-refractivity contribution in [3.63, 3.8) is 0 Å². The molecule has 8 nitrogen and oxygen atoms in total. The minimum atomic E-state index is -0.410. The molecule has 1 aromatic carbocycles. The van der Waals surface area contributed by atoms with Crippen LogP contribution in [0.25, 0.3) is 11.7 Å². The van der Waals surface area contributed by atoms with Gasteiger partial charge in [-0.05, 0) is 49.5 Å². The molecule has 0 unspecified atom stereocenters. The van der Waals surface area contributed by atoms with Crippen LogP contribution < -0.4 is 16.0 Å². The highest BCUT2D eigenvalue weighted by Crippen LogP contribution is 2.30. The summed E-state index contributed by atoms with van der Waals surface area (Å²) in [5.74, 6) is 0.680. The molecule has 2 fully saturated rings. The molecule has 5 rings (SSSR count). The lowest BCUT2D eigenvalue weighted by atomic mass is 10.1. The van der Waals surface area contributed by atoms with Gasteiger partial charge in [-0.2, -0.15) is 9.61 Å². The molecule has 3 aromatic rings. The van der Waals surface area contributed by atoms with Crippen molar-refractivity contribution in [3.8, 4) is 0 Å². The monoisotopic (exact) mass is 420 g/mol. The van der Waals surface area contributed by atoms with Crippen molar-refractivity contribution in [1.82, 2.24) is 19.9 Å². The van der Waals surface area contributed by atoms with Gasteiger partial charge in [0, 0.05) is 23.7 Å². The molecule has 3 heterocycles. The Balaban J connectivity index is 1.56. The molecule has 1 saturated carbocycles. The molecule has 1 saturated heterocycles. The number of imide groups is 1. The van der Waals surface area contributed by atoms with Crippen LogP contribution in [0.1, 0.15) is 30.4 Å². The number of fused-ring (bicyclic) bond motifs is 1. The Hall–Kier alpha value is -3.75. The third-order valence-corrected chi connectivity index (χ3v) is 5.38. The molecule has 158 valence electrons. The zero-order chi connectivity index (χ0) is 21.5. The average molecular weight is 420 g/mol. The van der Waals surface area contributed by atoms with E-state index in [9.17, 15) is 14.0 Å². The lowest BCUT2D eigenvalue weighted by molar-refractivity contribution is -0.124. The maximum atomic E-state index is 14.3. The molecule has 2 amide bonds. The first-order valence-electron chi connectivity index (χ1n) is 10.2. The van der Waals surface area contributed by atoms with Crippen molar-refractivity contribution in [2.24, 2.45) is 5.92 Å². The van der Waals surface area contributed by atoms with Gasteiger partial charge in [-0.15, -0.1) is 0 Å². The molecule has 2 aliphatic rings. The van der Waals surface area contributed by atoms with Crippen LogP contribution in [-0.4, -0.2) is 33.0 Å². The quantitative estimate of drug-likeness (QED) is 0.418. The fraction of sp³-hybridized carbons (Fsp3) is 0.273. The second-order valence-corrected chi connectivity index (χ2v) is 8.02. The van der Waals surface area contributed by atoms with E-state index in [-0.39, 0.29) is 18.1 Å². The van der Waals surface area contributed by atoms with Crippen LogP contribution >= 0.6 is 0 Å². The molecule has 9 heteroatoms. The smallest absolute Gasteiger partial charge is 0.254 e. The topological polar surface area (TPSA) is 100 Å². The van der Waals surface area contributed by atoms with E-state index in [1.165, 1.54) is 18.9 Å². The molecule has 0 spiro atoms. The number of nitrogens with one attached hydrogen (secondary N) is 3. The van der Waals surface area contributed by atoms with Gasteiger partial charge in [0.15, 0.2) is 5.65 Å². The van der Waals surface area contributed by atoms with E-state index in [1.54, 1.807) is 35.0 Å². The van der Waals surface area contributed by atoms with Crippen LogP contribution in [0, 0.1) is 18.7 Å². The highest BCUT2D eigenvalue weighted by molar-refractivity contribution is 6.15. The van der Waals surface area contributed by atoms with Gasteiger partial charge in [-0.25, -0.2) is 9.37 Å². The third kappa shape index (κ3) is 3.98. The van der Waals surface area contributed by atoms with Crippen LogP contribution in [0.2, 0.25) is 0 Å². The maximum Gasteiger partial charge on any atom is 0.254 e. The number of hydrogen-bond donors (Lipinski definition) is 3. The Bertz CT molecular complexity index is 1240. The van der Waals surface area contributed by atoms with Gasteiger partial charge in [-0.3, -0.25) is 14.9 Å². The van der Waals surface area contributed by atoms with Gasteiger partial charge >= 0.3 is 0 Å². The summed E-state index contributed by atoms with van der Waals surface area (Å²) in [5.41, 5.74) is 2.70. The predicted molar refractivity (Wildman–Crippen MR) is 114 cm³/mol. The van der Waals surface area contributed by atoms with Crippen molar-refractivity contribution in [1.29, 1.82) is 0 Å². The van der Waals surface area contributed by atoms with E-state index in [0.29, 0.717) is 40.0 Å².